The molecule has 23 heavy (non-hydrogen) atoms. The van der Waals surface area contributed by atoms with Gasteiger partial charge in [-0.2, -0.15) is 4.98 Å². The van der Waals surface area contributed by atoms with E-state index in [-0.39, 0.29) is 23.2 Å². The van der Waals surface area contributed by atoms with Gasteiger partial charge in [0.1, 0.15) is 17.6 Å². The van der Waals surface area contributed by atoms with E-state index in [2.05, 4.69) is 35.3 Å². The van der Waals surface area contributed by atoms with E-state index in [9.17, 15) is 4.79 Å². The third kappa shape index (κ3) is 2.30. The second-order valence-corrected chi connectivity index (χ2v) is 7.43. The summed E-state index contributed by atoms with van der Waals surface area (Å²) in [4.78, 5) is 17.3. The number of anilines is 1. The highest BCUT2D eigenvalue weighted by atomic mass is 32.2. The Morgan fingerprint density at radius 2 is 2.30 bits per heavy atom. The first-order valence-corrected chi connectivity index (χ1v) is 8.77. The van der Waals surface area contributed by atoms with Crippen LogP contribution in [0.15, 0.2) is 39.7 Å². The van der Waals surface area contributed by atoms with Crippen molar-refractivity contribution < 1.29 is 9.21 Å². The van der Waals surface area contributed by atoms with Crippen LogP contribution in [0.3, 0.4) is 0 Å². The van der Waals surface area contributed by atoms with E-state index in [1.807, 2.05) is 18.4 Å². The number of aromatic nitrogens is 3. The number of nitrogens with one attached hydrogen (secondary N) is 1. The summed E-state index contributed by atoms with van der Waals surface area (Å²) in [5, 5.41) is 8.52. The second-order valence-electron chi connectivity index (χ2n) is 6.66. The molecule has 3 heterocycles. The molecular weight excluding hydrogens is 312 g/mol. The molecule has 0 saturated heterocycles. The summed E-state index contributed by atoms with van der Waals surface area (Å²) in [5.41, 5.74) is 0.744. The molecule has 1 N–H and O–H groups in total. The first kappa shape index (κ1) is 14.6. The summed E-state index contributed by atoms with van der Waals surface area (Å²) in [7, 11) is 0. The Bertz CT molecular complexity index is 791. The van der Waals surface area contributed by atoms with Crippen molar-refractivity contribution in [1.82, 2.24) is 14.8 Å². The number of thioether (sulfide) groups is 1. The van der Waals surface area contributed by atoms with Gasteiger partial charge in [0.2, 0.25) is 11.1 Å². The van der Waals surface area contributed by atoms with E-state index in [1.165, 1.54) is 11.8 Å². The van der Waals surface area contributed by atoms with Crippen molar-refractivity contribution in [3.05, 3.63) is 35.9 Å². The average Bonchev–Trinajstić information content (AvgIpc) is 3.12. The highest BCUT2D eigenvalue weighted by Crippen LogP contribution is 2.45. The minimum Gasteiger partial charge on any atom is -0.467 e. The minimum atomic E-state index is -0.307. The summed E-state index contributed by atoms with van der Waals surface area (Å²) in [5.74, 6) is 1.28. The van der Waals surface area contributed by atoms with Crippen LogP contribution in [0.25, 0.3) is 0 Å². The standard InChI is InChI=1S/C16H18N4O2S/c1-16(2)7-9-12(10(21)8-16)13(11-5-4-6-22-11)20-14(17-9)18-15(19-20)23-3/h4-7,12-13H,8H2,1-3H3,(H,17,18,19)/t12-,13-/m1/s1. The topological polar surface area (TPSA) is 73.0 Å². The third-order valence-corrected chi connectivity index (χ3v) is 4.86. The smallest absolute Gasteiger partial charge is 0.227 e. The first-order chi connectivity index (χ1) is 11.0. The summed E-state index contributed by atoms with van der Waals surface area (Å²) >= 11 is 1.48. The maximum Gasteiger partial charge on any atom is 0.227 e. The van der Waals surface area contributed by atoms with Gasteiger partial charge >= 0.3 is 0 Å². The summed E-state index contributed by atoms with van der Waals surface area (Å²) in [6.07, 6.45) is 6.22. The number of ketones is 1. The molecule has 0 saturated carbocycles. The first-order valence-electron chi connectivity index (χ1n) is 7.55. The Kier molecular flexibility index (Phi) is 3.16. The van der Waals surface area contributed by atoms with Crippen molar-refractivity contribution >= 4 is 23.5 Å². The minimum absolute atomic E-state index is 0.159. The van der Waals surface area contributed by atoms with E-state index in [1.54, 1.807) is 10.9 Å². The van der Waals surface area contributed by atoms with Crippen LogP contribution in [0.4, 0.5) is 5.95 Å². The van der Waals surface area contributed by atoms with Gasteiger partial charge in [0, 0.05) is 12.1 Å². The van der Waals surface area contributed by atoms with E-state index >= 15 is 0 Å². The van der Waals surface area contributed by atoms with E-state index in [0.717, 1.165) is 11.5 Å². The Balaban J connectivity index is 1.91. The summed E-state index contributed by atoms with van der Waals surface area (Å²) < 4.78 is 7.40. The Morgan fingerprint density at radius 1 is 1.48 bits per heavy atom. The lowest BCUT2D eigenvalue weighted by Gasteiger charge is -2.39. The molecule has 0 aromatic carbocycles. The lowest BCUT2D eigenvalue weighted by molar-refractivity contribution is -0.125. The van der Waals surface area contributed by atoms with Crippen molar-refractivity contribution in [3.63, 3.8) is 0 Å². The van der Waals surface area contributed by atoms with Crippen molar-refractivity contribution in [2.75, 3.05) is 11.6 Å². The van der Waals surface area contributed by atoms with Gasteiger partial charge in [-0.15, -0.1) is 5.10 Å². The van der Waals surface area contributed by atoms with Gasteiger partial charge in [-0.3, -0.25) is 4.79 Å². The molecule has 1 aliphatic heterocycles. The molecule has 0 bridgehead atoms. The fourth-order valence-corrected chi connectivity index (χ4v) is 3.79. The molecule has 2 aromatic rings. The van der Waals surface area contributed by atoms with Gasteiger partial charge in [0.15, 0.2) is 0 Å². The number of rotatable bonds is 2. The molecule has 7 heteroatoms. The van der Waals surface area contributed by atoms with Crippen LogP contribution < -0.4 is 5.32 Å². The van der Waals surface area contributed by atoms with E-state index in [0.29, 0.717) is 17.5 Å². The van der Waals surface area contributed by atoms with Crippen LogP contribution >= 0.6 is 11.8 Å². The highest BCUT2D eigenvalue weighted by molar-refractivity contribution is 7.98. The molecule has 0 fully saturated rings. The van der Waals surface area contributed by atoms with E-state index in [4.69, 9.17) is 4.42 Å². The number of carbonyl (C=O) groups excluding carboxylic acids is 1. The van der Waals surface area contributed by atoms with Gasteiger partial charge in [0.25, 0.3) is 0 Å². The third-order valence-electron chi connectivity index (χ3n) is 4.32. The number of hydrogen-bond donors (Lipinski definition) is 1. The normalized spacial score (nSPS) is 25.3. The fraction of sp³-hybridized carbons (Fsp3) is 0.438. The van der Waals surface area contributed by atoms with Crippen molar-refractivity contribution in [2.24, 2.45) is 11.3 Å². The second kappa shape index (κ2) is 4.99. The Labute approximate surface area is 138 Å². The number of Topliss-reactive ketones (excluding diaryl/α,β-unsaturated/α-hetero) is 1. The Morgan fingerprint density at radius 3 is 3.00 bits per heavy atom. The van der Waals surface area contributed by atoms with Gasteiger partial charge in [-0.25, -0.2) is 4.68 Å². The molecule has 1 aliphatic carbocycles. The van der Waals surface area contributed by atoms with Crippen LogP contribution in [-0.4, -0.2) is 26.8 Å². The molecule has 2 atom stereocenters. The van der Waals surface area contributed by atoms with Crippen LogP contribution in [0.2, 0.25) is 0 Å². The molecular formula is C16H18N4O2S. The molecule has 0 radical (unpaired) electrons. The van der Waals surface area contributed by atoms with Gasteiger partial charge in [0.05, 0.1) is 12.2 Å². The molecule has 2 aromatic heterocycles. The zero-order chi connectivity index (χ0) is 16.2. The average molecular weight is 330 g/mol. The molecule has 120 valence electrons. The zero-order valence-electron chi connectivity index (χ0n) is 13.2. The largest absolute Gasteiger partial charge is 0.467 e. The zero-order valence-corrected chi connectivity index (χ0v) is 14.1. The number of carbonyl (C=O) groups is 1. The van der Waals surface area contributed by atoms with Crippen LogP contribution in [0, 0.1) is 11.3 Å². The van der Waals surface area contributed by atoms with E-state index < -0.39 is 0 Å². The monoisotopic (exact) mass is 330 g/mol. The number of nitrogens with zero attached hydrogens (tertiary/aromatic N) is 3. The van der Waals surface area contributed by atoms with Gasteiger partial charge in [-0.1, -0.05) is 31.7 Å². The summed E-state index contributed by atoms with van der Waals surface area (Å²) in [6.45, 7) is 4.15. The predicted molar refractivity (Wildman–Crippen MR) is 87.3 cm³/mol. The molecule has 6 nitrogen and oxygen atoms in total. The number of allylic oxidation sites excluding steroid dienone is 2. The lowest BCUT2D eigenvalue weighted by Crippen LogP contribution is -2.41. The van der Waals surface area contributed by atoms with Crippen molar-refractivity contribution in [2.45, 2.75) is 31.5 Å². The highest BCUT2D eigenvalue weighted by Gasteiger charge is 2.46. The maximum atomic E-state index is 12.8. The molecule has 0 spiro atoms. The molecule has 0 unspecified atom stereocenters. The van der Waals surface area contributed by atoms with Gasteiger partial charge in [-0.05, 0) is 23.8 Å². The molecule has 4 rings (SSSR count). The Hall–Kier alpha value is -2.02. The quantitative estimate of drug-likeness (QED) is 0.853. The predicted octanol–water partition coefficient (Wildman–Crippen LogP) is 3.11. The van der Waals surface area contributed by atoms with Gasteiger partial charge < -0.3 is 9.73 Å². The van der Waals surface area contributed by atoms with Crippen molar-refractivity contribution in [3.8, 4) is 0 Å². The molecule has 2 aliphatic rings. The lowest BCUT2D eigenvalue weighted by atomic mass is 9.73. The van der Waals surface area contributed by atoms with Crippen molar-refractivity contribution in [1.29, 1.82) is 0 Å². The SMILES string of the molecule is CSc1nc2n(n1)[C@H](c1ccco1)[C@H]1C(=O)CC(C)(C)C=C1N2. The number of furan rings is 1. The maximum absolute atomic E-state index is 12.8. The number of hydrogen-bond acceptors (Lipinski definition) is 6. The number of fused-ring (bicyclic) bond motifs is 2. The molecule has 0 amide bonds. The van der Waals surface area contributed by atoms with Crippen LogP contribution in [0.1, 0.15) is 32.1 Å². The van der Waals surface area contributed by atoms with Crippen LogP contribution in [0.5, 0.6) is 0 Å². The summed E-state index contributed by atoms with van der Waals surface area (Å²) in [6, 6.07) is 3.44. The van der Waals surface area contributed by atoms with Crippen LogP contribution in [-0.2, 0) is 4.79 Å². The fourth-order valence-electron chi connectivity index (χ4n) is 3.44.